The Morgan fingerprint density at radius 1 is 1.56 bits per heavy atom. The highest BCUT2D eigenvalue weighted by molar-refractivity contribution is 5.93. The lowest BCUT2D eigenvalue weighted by Crippen LogP contribution is -2.43. The lowest BCUT2D eigenvalue weighted by molar-refractivity contribution is 0.740. The number of fused-ring (bicyclic) bond motifs is 1. The van der Waals surface area contributed by atoms with Gasteiger partial charge in [-0.2, -0.15) is 0 Å². The zero-order chi connectivity index (χ0) is 11.4. The SMILES string of the molecule is CCCCN1CC(NN)=Nc2ncccc21. The van der Waals surface area contributed by atoms with Crippen molar-refractivity contribution in [2.75, 3.05) is 18.0 Å². The number of rotatable bonds is 3. The Labute approximate surface area is 95.3 Å². The van der Waals surface area contributed by atoms with Crippen molar-refractivity contribution in [3.05, 3.63) is 18.3 Å². The van der Waals surface area contributed by atoms with Crippen LogP contribution in [-0.2, 0) is 0 Å². The van der Waals surface area contributed by atoms with Gasteiger partial charge in [-0.15, -0.1) is 0 Å². The Morgan fingerprint density at radius 3 is 3.19 bits per heavy atom. The molecule has 16 heavy (non-hydrogen) atoms. The topological polar surface area (TPSA) is 66.5 Å². The second-order valence-electron chi connectivity index (χ2n) is 3.82. The highest BCUT2D eigenvalue weighted by atomic mass is 15.3. The van der Waals surface area contributed by atoms with E-state index in [1.165, 1.54) is 6.42 Å². The molecule has 5 nitrogen and oxygen atoms in total. The standard InChI is InChI=1S/C11H17N5/c1-2-3-7-16-8-10(15-12)14-11-9(16)5-4-6-13-11/h4-6H,2-3,7-8,12H2,1H3,(H,13,14,15). The quantitative estimate of drug-likeness (QED) is 0.592. The number of unbranched alkanes of at least 4 members (excludes halogenated alkanes) is 1. The van der Waals surface area contributed by atoms with Crippen LogP contribution in [0.2, 0.25) is 0 Å². The maximum absolute atomic E-state index is 5.42. The van der Waals surface area contributed by atoms with Crippen LogP contribution in [0.25, 0.3) is 0 Å². The third-order valence-corrected chi connectivity index (χ3v) is 2.64. The van der Waals surface area contributed by atoms with Gasteiger partial charge in [0.25, 0.3) is 0 Å². The first-order chi connectivity index (χ1) is 7.85. The summed E-state index contributed by atoms with van der Waals surface area (Å²) in [6.45, 7) is 3.93. The molecule has 0 aromatic carbocycles. The van der Waals surface area contributed by atoms with E-state index in [2.05, 4.69) is 33.3 Å². The van der Waals surface area contributed by atoms with Gasteiger partial charge in [-0.1, -0.05) is 13.3 Å². The fourth-order valence-electron chi connectivity index (χ4n) is 1.78. The second-order valence-corrected chi connectivity index (χ2v) is 3.82. The van der Waals surface area contributed by atoms with Crippen LogP contribution < -0.4 is 16.2 Å². The van der Waals surface area contributed by atoms with Crippen molar-refractivity contribution in [2.45, 2.75) is 19.8 Å². The summed E-state index contributed by atoms with van der Waals surface area (Å²) in [7, 11) is 0. The summed E-state index contributed by atoms with van der Waals surface area (Å²) < 4.78 is 0. The summed E-state index contributed by atoms with van der Waals surface area (Å²) in [4.78, 5) is 10.9. The maximum Gasteiger partial charge on any atom is 0.177 e. The predicted molar refractivity (Wildman–Crippen MR) is 65.8 cm³/mol. The van der Waals surface area contributed by atoms with Crippen LogP contribution in [0.15, 0.2) is 23.3 Å². The molecular formula is C11H17N5. The Hall–Kier alpha value is -1.62. The van der Waals surface area contributed by atoms with E-state index < -0.39 is 0 Å². The fourth-order valence-corrected chi connectivity index (χ4v) is 1.78. The summed E-state index contributed by atoms with van der Waals surface area (Å²) in [5, 5.41) is 0. The Morgan fingerprint density at radius 2 is 2.44 bits per heavy atom. The number of nitrogens with two attached hydrogens (primary N) is 1. The predicted octanol–water partition coefficient (Wildman–Crippen LogP) is 1.20. The van der Waals surface area contributed by atoms with Crippen LogP contribution >= 0.6 is 0 Å². The smallest absolute Gasteiger partial charge is 0.177 e. The van der Waals surface area contributed by atoms with Gasteiger partial charge >= 0.3 is 0 Å². The summed E-state index contributed by atoms with van der Waals surface area (Å²) in [6, 6.07) is 3.99. The van der Waals surface area contributed by atoms with E-state index in [-0.39, 0.29) is 0 Å². The Balaban J connectivity index is 2.25. The van der Waals surface area contributed by atoms with Crippen LogP contribution in [0.4, 0.5) is 11.5 Å². The number of anilines is 1. The molecule has 86 valence electrons. The molecule has 3 N–H and O–H groups in total. The van der Waals surface area contributed by atoms with Gasteiger partial charge in [-0.25, -0.2) is 15.8 Å². The van der Waals surface area contributed by atoms with E-state index in [9.17, 15) is 0 Å². The van der Waals surface area contributed by atoms with E-state index in [4.69, 9.17) is 5.84 Å². The molecule has 0 spiro atoms. The molecule has 0 amide bonds. The van der Waals surface area contributed by atoms with Crippen molar-refractivity contribution >= 4 is 17.3 Å². The molecule has 2 heterocycles. The van der Waals surface area contributed by atoms with Crippen molar-refractivity contribution in [1.82, 2.24) is 10.4 Å². The number of pyridine rings is 1. The van der Waals surface area contributed by atoms with Gasteiger partial charge in [-0.05, 0) is 18.6 Å². The number of amidine groups is 1. The first-order valence-corrected chi connectivity index (χ1v) is 5.59. The van der Waals surface area contributed by atoms with Crippen molar-refractivity contribution in [2.24, 2.45) is 10.8 Å². The fraction of sp³-hybridized carbons (Fsp3) is 0.455. The number of aromatic nitrogens is 1. The Kier molecular flexibility index (Phi) is 3.36. The lowest BCUT2D eigenvalue weighted by Gasteiger charge is -2.29. The maximum atomic E-state index is 5.42. The molecule has 5 heteroatoms. The summed E-state index contributed by atoms with van der Waals surface area (Å²) in [5.41, 5.74) is 3.71. The van der Waals surface area contributed by atoms with Gasteiger partial charge in [0.1, 0.15) is 5.84 Å². The van der Waals surface area contributed by atoms with E-state index in [1.807, 2.05) is 6.07 Å². The van der Waals surface area contributed by atoms with E-state index >= 15 is 0 Å². The highest BCUT2D eigenvalue weighted by Crippen LogP contribution is 2.29. The first kappa shape index (κ1) is 10.9. The van der Waals surface area contributed by atoms with Gasteiger partial charge in [0.15, 0.2) is 5.82 Å². The number of hydrazine groups is 1. The third-order valence-electron chi connectivity index (χ3n) is 2.64. The third kappa shape index (κ3) is 2.14. The van der Waals surface area contributed by atoms with Crippen LogP contribution in [0.1, 0.15) is 19.8 Å². The number of aliphatic imine (C=N–C) groups is 1. The lowest BCUT2D eigenvalue weighted by atomic mass is 10.2. The van der Waals surface area contributed by atoms with Gasteiger partial charge in [0.2, 0.25) is 0 Å². The highest BCUT2D eigenvalue weighted by Gasteiger charge is 2.18. The molecular weight excluding hydrogens is 202 g/mol. The average molecular weight is 219 g/mol. The molecule has 1 aromatic rings. The van der Waals surface area contributed by atoms with Gasteiger partial charge in [0.05, 0.1) is 12.2 Å². The second kappa shape index (κ2) is 4.94. The van der Waals surface area contributed by atoms with Crippen LogP contribution in [0.3, 0.4) is 0 Å². The number of nitrogens with zero attached hydrogens (tertiary/aromatic N) is 3. The number of hydrogen-bond donors (Lipinski definition) is 2. The molecule has 2 rings (SSSR count). The molecule has 1 aliphatic rings. The molecule has 0 saturated heterocycles. The molecule has 0 bridgehead atoms. The number of nitrogens with one attached hydrogen (secondary N) is 1. The average Bonchev–Trinajstić information content (AvgIpc) is 2.35. The molecule has 0 fully saturated rings. The van der Waals surface area contributed by atoms with Gasteiger partial charge < -0.3 is 10.3 Å². The molecule has 0 aliphatic carbocycles. The monoisotopic (exact) mass is 219 g/mol. The van der Waals surface area contributed by atoms with E-state index in [0.717, 1.165) is 36.9 Å². The number of hydrogen-bond acceptors (Lipinski definition) is 5. The van der Waals surface area contributed by atoms with Crippen molar-refractivity contribution in [1.29, 1.82) is 0 Å². The van der Waals surface area contributed by atoms with Gasteiger partial charge in [-0.3, -0.25) is 0 Å². The van der Waals surface area contributed by atoms with E-state index in [1.54, 1.807) is 6.20 Å². The molecule has 1 aliphatic heterocycles. The Bertz CT molecular complexity index is 388. The minimum atomic E-state index is 0.731. The molecule has 0 radical (unpaired) electrons. The zero-order valence-corrected chi connectivity index (χ0v) is 9.48. The molecule has 1 aromatic heterocycles. The zero-order valence-electron chi connectivity index (χ0n) is 9.48. The summed E-state index contributed by atoms with van der Waals surface area (Å²) >= 11 is 0. The normalized spacial score (nSPS) is 14.4. The largest absolute Gasteiger partial charge is 0.361 e. The van der Waals surface area contributed by atoms with Crippen LogP contribution in [0.5, 0.6) is 0 Å². The van der Waals surface area contributed by atoms with Crippen molar-refractivity contribution in [3.8, 4) is 0 Å². The van der Waals surface area contributed by atoms with Crippen molar-refractivity contribution in [3.63, 3.8) is 0 Å². The summed E-state index contributed by atoms with van der Waals surface area (Å²) in [5.74, 6) is 6.93. The van der Waals surface area contributed by atoms with Crippen molar-refractivity contribution < 1.29 is 0 Å². The first-order valence-electron chi connectivity index (χ1n) is 5.59. The van der Waals surface area contributed by atoms with Gasteiger partial charge in [0, 0.05) is 12.7 Å². The van der Waals surface area contributed by atoms with Crippen LogP contribution in [-0.4, -0.2) is 23.9 Å². The molecule has 0 unspecified atom stereocenters. The molecule has 0 atom stereocenters. The minimum Gasteiger partial charge on any atom is -0.361 e. The summed E-state index contributed by atoms with van der Waals surface area (Å²) in [6.07, 6.45) is 4.08. The van der Waals surface area contributed by atoms with E-state index in [0.29, 0.717) is 0 Å². The molecule has 0 saturated carbocycles. The minimum absolute atomic E-state index is 0.731. The van der Waals surface area contributed by atoms with Crippen LogP contribution in [0, 0.1) is 0 Å².